The number of nitrogens with zero attached hydrogens (tertiary/aromatic N) is 2. The predicted molar refractivity (Wildman–Crippen MR) is 75.3 cm³/mol. The van der Waals surface area contributed by atoms with Gasteiger partial charge in [0, 0.05) is 24.5 Å². The molecule has 3 nitrogen and oxygen atoms in total. The molecule has 0 spiro atoms. The molecule has 0 unspecified atom stereocenters. The second kappa shape index (κ2) is 5.36. The Hall–Kier alpha value is -0.610. The zero-order valence-electron chi connectivity index (χ0n) is 10.5. The standard InChI is InChI=1S/C13H20BrN3/c1-17(2)13(6-3-4-7-13)10-16-12-5-8-15-9-11(12)14/h5,8-9H,3-4,6-7,10H2,1-2H3,(H,15,16). The van der Waals surface area contributed by atoms with E-state index in [0.29, 0.717) is 5.54 Å². The van der Waals surface area contributed by atoms with Gasteiger partial charge in [0.2, 0.25) is 0 Å². The monoisotopic (exact) mass is 297 g/mol. The number of nitrogens with one attached hydrogen (secondary N) is 1. The van der Waals surface area contributed by atoms with Gasteiger partial charge in [-0.3, -0.25) is 4.98 Å². The Kier molecular flexibility index (Phi) is 4.05. The number of hydrogen-bond donors (Lipinski definition) is 1. The van der Waals surface area contributed by atoms with Crippen LogP contribution in [0.3, 0.4) is 0 Å². The fourth-order valence-corrected chi connectivity index (χ4v) is 2.98. The minimum atomic E-state index is 0.322. The van der Waals surface area contributed by atoms with Crippen LogP contribution in [0.15, 0.2) is 22.9 Å². The highest BCUT2D eigenvalue weighted by Gasteiger charge is 2.35. The zero-order chi connectivity index (χ0) is 12.3. The minimum Gasteiger partial charge on any atom is -0.382 e. The van der Waals surface area contributed by atoms with E-state index < -0.39 is 0 Å². The van der Waals surface area contributed by atoms with E-state index in [9.17, 15) is 0 Å². The molecule has 0 radical (unpaired) electrons. The molecular weight excluding hydrogens is 278 g/mol. The van der Waals surface area contributed by atoms with Gasteiger partial charge in [0.15, 0.2) is 0 Å². The first kappa shape index (κ1) is 12.8. The molecule has 0 aromatic carbocycles. The van der Waals surface area contributed by atoms with E-state index in [1.54, 1.807) is 0 Å². The summed E-state index contributed by atoms with van der Waals surface area (Å²) in [7, 11) is 4.38. The van der Waals surface area contributed by atoms with Gasteiger partial charge >= 0.3 is 0 Å². The van der Waals surface area contributed by atoms with E-state index in [1.165, 1.54) is 25.7 Å². The van der Waals surface area contributed by atoms with Crippen molar-refractivity contribution in [3.05, 3.63) is 22.9 Å². The molecule has 1 aromatic rings. The van der Waals surface area contributed by atoms with Crippen molar-refractivity contribution in [3.8, 4) is 0 Å². The van der Waals surface area contributed by atoms with Crippen molar-refractivity contribution in [2.24, 2.45) is 0 Å². The van der Waals surface area contributed by atoms with E-state index in [0.717, 1.165) is 16.7 Å². The van der Waals surface area contributed by atoms with Crippen LogP contribution in [0, 0.1) is 0 Å². The summed E-state index contributed by atoms with van der Waals surface area (Å²) in [5, 5.41) is 3.55. The van der Waals surface area contributed by atoms with Crippen molar-refractivity contribution in [1.29, 1.82) is 0 Å². The third-order valence-electron chi connectivity index (χ3n) is 3.86. The SMILES string of the molecule is CN(C)C1(CNc2ccncc2Br)CCCC1. The Balaban J connectivity index is 2.03. The van der Waals surface area contributed by atoms with Crippen LogP contribution in [0.4, 0.5) is 5.69 Å². The summed E-state index contributed by atoms with van der Waals surface area (Å²) in [6.45, 7) is 1.00. The summed E-state index contributed by atoms with van der Waals surface area (Å²) < 4.78 is 1.03. The van der Waals surface area contributed by atoms with Gasteiger partial charge in [-0.2, -0.15) is 0 Å². The van der Waals surface area contributed by atoms with Crippen molar-refractivity contribution in [2.75, 3.05) is 26.0 Å². The molecule has 17 heavy (non-hydrogen) atoms. The van der Waals surface area contributed by atoms with Gasteiger partial charge < -0.3 is 10.2 Å². The Morgan fingerprint density at radius 2 is 2.12 bits per heavy atom. The van der Waals surface area contributed by atoms with Crippen molar-refractivity contribution >= 4 is 21.6 Å². The van der Waals surface area contributed by atoms with Gasteiger partial charge in [-0.25, -0.2) is 0 Å². The first-order chi connectivity index (χ1) is 8.14. The lowest BCUT2D eigenvalue weighted by Crippen LogP contribution is -2.47. The van der Waals surface area contributed by atoms with Crippen molar-refractivity contribution < 1.29 is 0 Å². The average molecular weight is 298 g/mol. The maximum atomic E-state index is 4.08. The average Bonchev–Trinajstić information content (AvgIpc) is 2.78. The summed E-state index contributed by atoms with van der Waals surface area (Å²) in [5.74, 6) is 0. The second-order valence-electron chi connectivity index (χ2n) is 5.03. The third-order valence-corrected chi connectivity index (χ3v) is 4.50. The number of aromatic nitrogens is 1. The molecule has 1 aromatic heterocycles. The maximum Gasteiger partial charge on any atom is 0.0590 e. The molecule has 4 heteroatoms. The van der Waals surface area contributed by atoms with Crippen LogP contribution in [-0.4, -0.2) is 36.1 Å². The van der Waals surface area contributed by atoms with Gasteiger partial charge in [-0.15, -0.1) is 0 Å². The van der Waals surface area contributed by atoms with Gasteiger partial charge in [-0.05, 0) is 48.9 Å². The first-order valence-corrected chi connectivity index (χ1v) is 6.94. The Morgan fingerprint density at radius 3 is 2.71 bits per heavy atom. The largest absolute Gasteiger partial charge is 0.382 e. The van der Waals surface area contributed by atoms with Crippen molar-refractivity contribution in [1.82, 2.24) is 9.88 Å². The topological polar surface area (TPSA) is 28.2 Å². The molecule has 0 bridgehead atoms. The summed E-state index contributed by atoms with van der Waals surface area (Å²) in [5.41, 5.74) is 1.45. The number of halogens is 1. The smallest absolute Gasteiger partial charge is 0.0590 e. The first-order valence-electron chi connectivity index (χ1n) is 6.15. The van der Waals surface area contributed by atoms with Crippen molar-refractivity contribution in [2.45, 2.75) is 31.2 Å². The van der Waals surface area contributed by atoms with E-state index in [4.69, 9.17) is 0 Å². The zero-order valence-corrected chi connectivity index (χ0v) is 12.1. The molecule has 1 saturated carbocycles. The molecule has 0 saturated heterocycles. The van der Waals surface area contributed by atoms with Crippen LogP contribution in [-0.2, 0) is 0 Å². The molecular formula is C13H20BrN3. The second-order valence-corrected chi connectivity index (χ2v) is 5.89. The molecule has 0 amide bonds. The van der Waals surface area contributed by atoms with Gasteiger partial charge in [0.05, 0.1) is 10.2 Å². The highest BCUT2D eigenvalue weighted by Crippen LogP contribution is 2.34. The number of pyridine rings is 1. The Morgan fingerprint density at radius 1 is 1.41 bits per heavy atom. The molecule has 1 aliphatic carbocycles. The molecule has 1 aliphatic rings. The number of hydrogen-bond acceptors (Lipinski definition) is 3. The summed E-state index contributed by atoms with van der Waals surface area (Å²) in [4.78, 5) is 6.46. The van der Waals surface area contributed by atoms with E-state index >= 15 is 0 Å². The van der Waals surface area contributed by atoms with E-state index in [-0.39, 0.29) is 0 Å². The Bertz CT molecular complexity index is 373. The Labute approximate surface area is 112 Å². The van der Waals surface area contributed by atoms with Crippen LogP contribution in [0.2, 0.25) is 0 Å². The summed E-state index contributed by atoms with van der Waals surface area (Å²) in [6, 6.07) is 2.02. The predicted octanol–water partition coefficient (Wildman–Crippen LogP) is 3.13. The number of anilines is 1. The lowest BCUT2D eigenvalue weighted by molar-refractivity contribution is 0.172. The van der Waals surface area contributed by atoms with E-state index in [2.05, 4.69) is 45.2 Å². The fraction of sp³-hybridized carbons (Fsp3) is 0.615. The molecule has 1 heterocycles. The van der Waals surface area contributed by atoms with Gasteiger partial charge in [-0.1, -0.05) is 12.8 Å². The summed E-state index contributed by atoms with van der Waals surface area (Å²) in [6.07, 6.45) is 8.92. The highest BCUT2D eigenvalue weighted by molar-refractivity contribution is 9.10. The molecule has 1 N–H and O–H groups in total. The van der Waals surface area contributed by atoms with Gasteiger partial charge in [0.1, 0.15) is 0 Å². The highest BCUT2D eigenvalue weighted by atomic mass is 79.9. The van der Waals surface area contributed by atoms with Crippen LogP contribution in [0.5, 0.6) is 0 Å². The normalized spacial score (nSPS) is 18.6. The molecule has 94 valence electrons. The third kappa shape index (κ3) is 2.80. The van der Waals surface area contributed by atoms with Crippen LogP contribution >= 0.6 is 15.9 Å². The van der Waals surface area contributed by atoms with Crippen LogP contribution in [0.25, 0.3) is 0 Å². The van der Waals surface area contributed by atoms with Crippen LogP contribution < -0.4 is 5.32 Å². The van der Waals surface area contributed by atoms with Crippen molar-refractivity contribution in [3.63, 3.8) is 0 Å². The number of rotatable bonds is 4. The fourth-order valence-electron chi connectivity index (χ4n) is 2.59. The molecule has 0 aliphatic heterocycles. The number of likely N-dealkylation sites (N-methyl/N-ethyl adjacent to an activating group) is 1. The van der Waals surface area contributed by atoms with Crippen LogP contribution in [0.1, 0.15) is 25.7 Å². The van der Waals surface area contributed by atoms with Gasteiger partial charge in [0.25, 0.3) is 0 Å². The van der Waals surface area contributed by atoms with E-state index in [1.807, 2.05) is 18.5 Å². The summed E-state index contributed by atoms with van der Waals surface area (Å²) >= 11 is 3.52. The molecule has 2 rings (SSSR count). The quantitative estimate of drug-likeness (QED) is 0.925. The minimum absolute atomic E-state index is 0.322. The maximum absolute atomic E-state index is 4.08. The molecule has 0 atom stereocenters. The molecule has 1 fully saturated rings. The lowest BCUT2D eigenvalue weighted by atomic mass is 9.96. The lowest BCUT2D eigenvalue weighted by Gasteiger charge is -2.37.